The molecule has 0 N–H and O–H groups in total. The average molecular weight is 376 g/mol. The number of hydrogen-bond acceptors (Lipinski definition) is 3. The van der Waals surface area contributed by atoms with Crippen LogP contribution in [0, 0.1) is 12.7 Å². The first-order chi connectivity index (χ1) is 9.39. The van der Waals surface area contributed by atoms with Gasteiger partial charge < -0.3 is 0 Å². The van der Waals surface area contributed by atoms with E-state index in [2.05, 4.69) is 15.9 Å². The summed E-state index contributed by atoms with van der Waals surface area (Å²) in [5.74, 6) is -0.422. The molecule has 1 aromatic carbocycles. The highest BCUT2D eigenvalue weighted by Gasteiger charge is 2.32. The smallest absolute Gasteiger partial charge is 0.265 e. The molecule has 1 aliphatic heterocycles. The lowest BCUT2D eigenvalue weighted by Gasteiger charge is -2.18. The van der Waals surface area contributed by atoms with Gasteiger partial charge in [0.2, 0.25) is 0 Å². The second-order valence-electron chi connectivity index (χ2n) is 4.62. The minimum Gasteiger partial charge on any atom is -0.265 e. The largest absolute Gasteiger partial charge is 0.273 e. The minimum absolute atomic E-state index is 0.277. The van der Waals surface area contributed by atoms with Gasteiger partial charge in [0.25, 0.3) is 10.0 Å². The molecule has 1 aromatic heterocycles. The number of halogens is 2. The topological polar surface area (TPSA) is 37.4 Å². The number of aryl methyl sites for hydroxylation is 1. The molecule has 106 valence electrons. The number of nitrogens with zero attached hydrogens (tertiary/aromatic N) is 1. The summed E-state index contributed by atoms with van der Waals surface area (Å²) < 4.78 is 41.1. The van der Waals surface area contributed by atoms with E-state index in [9.17, 15) is 12.8 Å². The molecule has 0 amide bonds. The van der Waals surface area contributed by atoms with Crippen LogP contribution in [0.15, 0.2) is 32.3 Å². The molecule has 1 aliphatic rings. The summed E-state index contributed by atoms with van der Waals surface area (Å²) in [6.45, 7) is 2.20. The van der Waals surface area contributed by atoms with Gasteiger partial charge in [0, 0.05) is 6.54 Å². The van der Waals surface area contributed by atoms with Crippen LogP contribution in [0.5, 0.6) is 0 Å². The summed E-state index contributed by atoms with van der Waals surface area (Å²) in [6.07, 6.45) is 0.611. The zero-order valence-corrected chi connectivity index (χ0v) is 13.8. The van der Waals surface area contributed by atoms with Gasteiger partial charge in [-0.25, -0.2) is 12.8 Å². The molecule has 20 heavy (non-hydrogen) atoms. The van der Waals surface area contributed by atoms with E-state index in [0.29, 0.717) is 18.7 Å². The fourth-order valence-corrected chi connectivity index (χ4v) is 6.08. The molecule has 0 spiro atoms. The van der Waals surface area contributed by atoms with Crippen LogP contribution in [0.3, 0.4) is 0 Å². The van der Waals surface area contributed by atoms with Crippen molar-refractivity contribution in [3.05, 3.63) is 45.0 Å². The maximum Gasteiger partial charge on any atom is 0.273 e. The molecule has 7 heteroatoms. The maximum atomic E-state index is 13.4. The lowest BCUT2D eigenvalue weighted by molar-refractivity contribution is 0.594. The van der Waals surface area contributed by atoms with E-state index in [1.807, 2.05) is 6.92 Å². The van der Waals surface area contributed by atoms with Gasteiger partial charge in [0.05, 0.1) is 9.47 Å². The Hall–Kier alpha value is -0.920. The Labute approximate surface area is 129 Å². The quantitative estimate of drug-likeness (QED) is 0.802. The fourth-order valence-electron chi connectivity index (χ4n) is 2.24. The zero-order valence-electron chi connectivity index (χ0n) is 10.6. The molecular weight excluding hydrogens is 365 g/mol. The SMILES string of the molecule is Cc1cc(S(=O)(=O)N2CCc3ccc(F)cc32)sc1Br. The predicted octanol–water partition coefficient (Wildman–Crippen LogP) is 3.71. The molecule has 0 saturated heterocycles. The van der Waals surface area contributed by atoms with E-state index < -0.39 is 15.8 Å². The third-order valence-electron chi connectivity index (χ3n) is 3.28. The lowest BCUT2D eigenvalue weighted by atomic mass is 10.2. The van der Waals surface area contributed by atoms with Crippen molar-refractivity contribution in [1.82, 2.24) is 0 Å². The standard InChI is InChI=1S/C13H11BrFNO2S2/c1-8-6-12(19-13(8)14)20(17,18)16-5-4-9-2-3-10(15)7-11(9)16/h2-3,6-7H,4-5H2,1H3. The van der Waals surface area contributed by atoms with Gasteiger partial charge in [-0.05, 0) is 58.6 Å². The number of rotatable bonds is 2. The first kappa shape index (κ1) is 14.0. The molecular formula is C13H11BrFNO2S2. The van der Waals surface area contributed by atoms with Crippen molar-refractivity contribution in [2.75, 3.05) is 10.8 Å². The van der Waals surface area contributed by atoms with Crippen molar-refractivity contribution in [3.8, 4) is 0 Å². The van der Waals surface area contributed by atoms with Crippen LogP contribution in [0.4, 0.5) is 10.1 Å². The van der Waals surface area contributed by atoms with Gasteiger partial charge in [-0.1, -0.05) is 6.07 Å². The highest BCUT2D eigenvalue weighted by atomic mass is 79.9. The second kappa shape index (κ2) is 4.82. The predicted molar refractivity (Wildman–Crippen MR) is 81.4 cm³/mol. The normalized spacial score (nSPS) is 14.7. The van der Waals surface area contributed by atoms with Crippen LogP contribution in [0.1, 0.15) is 11.1 Å². The number of sulfonamides is 1. The third kappa shape index (κ3) is 2.17. The Balaban J connectivity index is 2.09. The first-order valence-electron chi connectivity index (χ1n) is 5.97. The van der Waals surface area contributed by atoms with E-state index in [0.717, 1.165) is 14.9 Å². The maximum absolute atomic E-state index is 13.4. The minimum atomic E-state index is -3.62. The summed E-state index contributed by atoms with van der Waals surface area (Å²) in [7, 11) is -3.62. The van der Waals surface area contributed by atoms with Gasteiger partial charge >= 0.3 is 0 Å². The highest BCUT2D eigenvalue weighted by Crippen LogP contribution is 2.37. The summed E-state index contributed by atoms with van der Waals surface area (Å²) >= 11 is 4.52. The van der Waals surface area contributed by atoms with Crippen molar-refractivity contribution < 1.29 is 12.8 Å². The number of anilines is 1. The second-order valence-corrected chi connectivity index (χ2v) is 9.08. The average Bonchev–Trinajstić information content (AvgIpc) is 2.94. The Morgan fingerprint density at radius 1 is 1.35 bits per heavy atom. The summed E-state index contributed by atoms with van der Waals surface area (Å²) in [4.78, 5) is 0. The highest BCUT2D eigenvalue weighted by molar-refractivity contribution is 9.11. The molecule has 0 saturated carbocycles. The van der Waals surface area contributed by atoms with E-state index in [1.54, 1.807) is 12.1 Å². The van der Waals surface area contributed by atoms with Gasteiger partial charge in [0.15, 0.2) is 0 Å². The van der Waals surface area contributed by atoms with Crippen LogP contribution in [-0.4, -0.2) is 15.0 Å². The number of hydrogen-bond donors (Lipinski definition) is 0. The summed E-state index contributed by atoms with van der Waals surface area (Å²) in [5.41, 5.74) is 2.20. The van der Waals surface area contributed by atoms with Gasteiger partial charge in [-0.15, -0.1) is 11.3 Å². The lowest BCUT2D eigenvalue weighted by Crippen LogP contribution is -2.28. The van der Waals surface area contributed by atoms with Gasteiger partial charge in [-0.2, -0.15) is 0 Å². The summed E-state index contributed by atoms with van der Waals surface area (Å²) in [6, 6.07) is 5.94. The Morgan fingerprint density at radius 3 is 2.75 bits per heavy atom. The molecule has 0 fully saturated rings. The number of fused-ring (bicyclic) bond motifs is 1. The molecule has 0 unspecified atom stereocenters. The first-order valence-corrected chi connectivity index (χ1v) is 9.01. The zero-order chi connectivity index (χ0) is 14.5. The number of benzene rings is 1. The van der Waals surface area contributed by atoms with Crippen molar-refractivity contribution in [3.63, 3.8) is 0 Å². The third-order valence-corrected chi connectivity index (χ3v) is 7.68. The van der Waals surface area contributed by atoms with E-state index in [4.69, 9.17) is 0 Å². The molecule has 2 aromatic rings. The van der Waals surface area contributed by atoms with Crippen LogP contribution < -0.4 is 4.31 Å². The number of thiophene rings is 1. The molecule has 2 heterocycles. The molecule has 0 bridgehead atoms. The van der Waals surface area contributed by atoms with E-state index >= 15 is 0 Å². The van der Waals surface area contributed by atoms with Crippen LogP contribution in [-0.2, 0) is 16.4 Å². The molecule has 3 rings (SSSR count). The molecule has 0 radical (unpaired) electrons. The molecule has 3 nitrogen and oxygen atoms in total. The van der Waals surface area contributed by atoms with E-state index in [1.165, 1.54) is 27.8 Å². The van der Waals surface area contributed by atoms with Crippen molar-refractivity contribution in [2.45, 2.75) is 17.6 Å². The van der Waals surface area contributed by atoms with Crippen LogP contribution in [0.2, 0.25) is 0 Å². The van der Waals surface area contributed by atoms with Crippen molar-refractivity contribution in [1.29, 1.82) is 0 Å². The van der Waals surface area contributed by atoms with E-state index in [-0.39, 0.29) is 4.21 Å². The van der Waals surface area contributed by atoms with Crippen molar-refractivity contribution in [2.24, 2.45) is 0 Å². The monoisotopic (exact) mass is 375 g/mol. The molecule has 0 atom stereocenters. The fraction of sp³-hybridized carbons (Fsp3) is 0.231. The van der Waals surface area contributed by atoms with Gasteiger partial charge in [0.1, 0.15) is 10.0 Å². The summed E-state index contributed by atoms with van der Waals surface area (Å²) in [5, 5.41) is 0. The van der Waals surface area contributed by atoms with Crippen molar-refractivity contribution >= 4 is 43.0 Å². The van der Waals surface area contributed by atoms with Crippen LogP contribution >= 0.6 is 27.3 Å². The van der Waals surface area contributed by atoms with Gasteiger partial charge in [-0.3, -0.25) is 4.31 Å². The Kier molecular flexibility index (Phi) is 3.38. The Morgan fingerprint density at radius 2 is 2.10 bits per heavy atom. The Bertz CT molecular complexity index is 766. The molecule has 0 aliphatic carbocycles. The van der Waals surface area contributed by atoms with Crippen LogP contribution in [0.25, 0.3) is 0 Å².